The number of benzene rings is 1. The van der Waals surface area contributed by atoms with Crippen LogP contribution < -0.4 is 5.32 Å². The topological polar surface area (TPSA) is 55.4 Å². The van der Waals surface area contributed by atoms with E-state index in [1.54, 1.807) is 18.3 Å². The Morgan fingerprint density at radius 2 is 1.97 bits per heavy atom. The van der Waals surface area contributed by atoms with Crippen molar-refractivity contribution in [2.75, 3.05) is 7.11 Å². The van der Waals surface area contributed by atoms with Crippen molar-refractivity contribution in [1.82, 2.24) is 5.32 Å². The fourth-order valence-electron chi connectivity index (χ4n) is 4.37. The zero-order valence-corrected chi connectivity index (χ0v) is 17.7. The molecule has 4 rings (SSSR count). The second-order valence-electron chi connectivity index (χ2n) is 7.65. The number of hydrogen-bond acceptors (Lipinski definition) is 5. The Labute approximate surface area is 181 Å². The lowest BCUT2D eigenvalue weighted by atomic mass is 9.72. The number of ketones is 1. The summed E-state index contributed by atoms with van der Waals surface area (Å²) < 4.78 is 45.0. The lowest BCUT2D eigenvalue weighted by Gasteiger charge is -2.36. The Balaban J connectivity index is 1.85. The molecule has 0 saturated carbocycles. The van der Waals surface area contributed by atoms with Crippen molar-refractivity contribution in [1.29, 1.82) is 0 Å². The Kier molecular flexibility index (Phi) is 5.51. The van der Waals surface area contributed by atoms with Gasteiger partial charge in [0.15, 0.2) is 5.78 Å². The Hall–Kier alpha value is -2.87. The van der Waals surface area contributed by atoms with Crippen LogP contribution in [0.2, 0.25) is 0 Å². The summed E-state index contributed by atoms with van der Waals surface area (Å²) in [6, 6.07) is 8.70. The fourth-order valence-corrected chi connectivity index (χ4v) is 5.20. The van der Waals surface area contributed by atoms with Gasteiger partial charge in [0.1, 0.15) is 0 Å². The number of carbonyl (C=O) groups excluding carboxylic acids is 2. The highest BCUT2D eigenvalue weighted by atomic mass is 32.1. The predicted octanol–water partition coefficient (Wildman–Crippen LogP) is 5.30. The highest BCUT2D eigenvalue weighted by Gasteiger charge is 2.42. The molecule has 31 heavy (non-hydrogen) atoms. The third-order valence-electron chi connectivity index (χ3n) is 5.73. The number of dihydropyridines is 1. The van der Waals surface area contributed by atoms with Gasteiger partial charge in [-0.15, -0.1) is 11.3 Å². The standard InChI is InChI=1S/C23H20F3NO3S/c1-12-19(22(29)30-2)20(13-5-3-6-15(9-13)23(24,25)26)21-16(27-12)10-14(11-17(21)28)18-7-4-8-31-18/h3-9,14,20,27H,10-11H2,1-2H3/t14-,20-/m1/s1. The smallest absolute Gasteiger partial charge is 0.416 e. The van der Waals surface area contributed by atoms with Gasteiger partial charge in [-0.25, -0.2) is 4.79 Å². The van der Waals surface area contributed by atoms with Crippen LogP contribution in [0.3, 0.4) is 0 Å². The van der Waals surface area contributed by atoms with Gasteiger partial charge in [-0.05, 0) is 36.4 Å². The third kappa shape index (κ3) is 3.92. The first-order chi connectivity index (χ1) is 14.7. The first-order valence-electron chi connectivity index (χ1n) is 9.73. The van der Waals surface area contributed by atoms with Gasteiger partial charge in [0.25, 0.3) is 0 Å². The number of nitrogens with one attached hydrogen (secondary N) is 1. The number of Topliss-reactive ketones (excluding diaryl/α,β-unsaturated/α-hetero) is 1. The van der Waals surface area contributed by atoms with Crippen LogP contribution in [0.1, 0.15) is 47.6 Å². The first-order valence-corrected chi connectivity index (χ1v) is 10.6. The SMILES string of the molecule is COC(=O)C1=C(C)NC2=C(C(=O)C[C@H](c3cccs3)C2)[C@@H]1c1cccc(C(F)(F)F)c1. The predicted molar refractivity (Wildman–Crippen MR) is 110 cm³/mol. The van der Waals surface area contributed by atoms with E-state index in [1.807, 2.05) is 17.5 Å². The molecular weight excluding hydrogens is 427 g/mol. The molecule has 1 aromatic carbocycles. The minimum atomic E-state index is -4.54. The molecule has 4 nitrogen and oxygen atoms in total. The number of rotatable bonds is 3. The van der Waals surface area contributed by atoms with Gasteiger partial charge in [-0.1, -0.05) is 24.3 Å². The molecule has 0 bridgehead atoms. The quantitative estimate of drug-likeness (QED) is 0.649. The molecule has 2 atom stereocenters. The number of carbonyl (C=O) groups is 2. The molecule has 1 aromatic heterocycles. The number of esters is 1. The molecule has 0 unspecified atom stereocenters. The third-order valence-corrected chi connectivity index (χ3v) is 6.76. The van der Waals surface area contributed by atoms with E-state index >= 15 is 0 Å². The first kappa shape index (κ1) is 21.4. The summed E-state index contributed by atoms with van der Waals surface area (Å²) in [4.78, 5) is 27.0. The van der Waals surface area contributed by atoms with Crippen molar-refractivity contribution in [3.63, 3.8) is 0 Å². The molecule has 1 N–H and O–H groups in total. The Morgan fingerprint density at radius 1 is 1.19 bits per heavy atom. The molecule has 1 aliphatic carbocycles. The monoisotopic (exact) mass is 447 g/mol. The van der Waals surface area contributed by atoms with E-state index < -0.39 is 23.6 Å². The van der Waals surface area contributed by atoms with Crippen LogP contribution in [0.4, 0.5) is 13.2 Å². The summed E-state index contributed by atoms with van der Waals surface area (Å²) >= 11 is 1.57. The average Bonchev–Trinajstić information content (AvgIpc) is 3.26. The second-order valence-corrected chi connectivity index (χ2v) is 8.63. The van der Waals surface area contributed by atoms with E-state index in [0.29, 0.717) is 23.4 Å². The maximum atomic E-state index is 13.4. The molecule has 0 saturated heterocycles. The Morgan fingerprint density at radius 3 is 2.61 bits per heavy atom. The molecule has 1 aliphatic heterocycles. The summed E-state index contributed by atoms with van der Waals surface area (Å²) in [5.41, 5.74) is 1.05. The van der Waals surface area contributed by atoms with Crippen LogP contribution in [0, 0.1) is 0 Å². The number of ether oxygens (including phenoxy) is 1. The summed E-state index contributed by atoms with van der Waals surface area (Å²) in [5, 5.41) is 5.12. The van der Waals surface area contributed by atoms with Crippen molar-refractivity contribution in [3.05, 3.63) is 80.3 Å². The molecule has 8 heteroatoms. The van der Waals surface area contributed by atoms with Crippen molar-refractivity contribution >= 4 is 23.1 Å². The van der Waals surface area contributed by atoms with Gasteiger partial charge >= 0.3 is 12.1 Å². The van der Waals surface area contributed by atoms with E-state index in [1.165, 1.54) is 19.2 Å². The van der Waals surface area contributed by atoms with E-state index in [9.17, 15) is 22.8 Å². The number of methoxy groups -OCH3 is 1. The van der Waals surface area contributed by atoms with E-state index in [4.69, 9.17) is 4.74 Å². The van der Waals surface area contributed by atoms with Crippen molar-refractivity contribution in [3.8, 4) is 0 Å². The highest BCUT2D eigenvalue weighted by molar-refractivity contribution is 7.10. The van der Waals surface area contributed by atoms with Gasteiger partial charge in [0, 0.05) is 40.1 Å². The fraction of sp³-hybridized carbons (Fsp3) is 0.304. The lowest BCUT2D eigenvalue weighted by molar-refractivity contribution is -0.137. The lowest BCUT2D eigenvalue weighted by Crippen LogP contribution is -2.36. The minimum absolute atomic E-state index is 0.00612. The maximum absolute atomic E-state index is 13.4. The van der Waals surface area contributed by atoms with Crippen molar-refractivity contribution in [2.45, 2.75) is 37.8 Å². The Bertz CT molecular complexity index is 1100. The van der Waals surface area contributed by atoms with E-state index in [0.717, 1.165) is 17.0 Å². The van der Waals surface area contributed by atoms with Crippen LogP contribution >= 0.6 is 11.3 Å². The maximum Gasteiger partial charge on any atom is 0.416 e. The number of hydrogen-bond donors (Lipinski definition) is 1. The summed E-state index contributed by atoms with van der Waals surface area (Å²) in [6.45, 7) is 1.68. The van der Waals surface area contributed by atoms with Crippen LogP contribution in [0.15, 0.2) is 64.3 Å². The van der Waals surface area contributed by atoms with Crippen molar-refractivity contribution < 1.29 is 27.5 Å². The number of alkyl halides is 3. The molecule has 0 fully saturated rings. The summed E-state index contributed by atoms with van der Waals surface area (Å²) in [5.74, 6) is -1.77. The van der Waals surface area contributed by atoms with E-state index in [2.05, 4.69) is 5.32 Å². The molecule has 2 aromatic rings. The summed E-state index contributed by atoms with van der Waals surface area (Å²) in [6.07, 6.45) is -3.75. The van der Waals surface area contributed by atoms with Gasteiger partial charge in [0.2, 0.25) is 0 Å². The van der Waals surface area contributed by atoms with Gasteiger partial charge in [-0.3, -0.25) is 4.79 Å². The molecule has 0 radical (unpaired) electrons. The van der Waals surface area contributed by atoms with Crippen molar-refractivity contribution in [2.24, 2.45) is 0 Å². The van der Waals surface area contributed by atoms with Crippen LogP contribution in [0.25, 0.3) is 0 Å². The molecule has 2 aliphatic rings. The second kappa shape index (κ2) is 8.00. The van der Waals surface area contributed by atoms with Gasteiger partial charge in [-0.2, -0.15) is 13.2 Å². The number of halogens is 3. The molecule has 0 amide bonds. The average molecular weight is 447 g/mol. The van der Waals surface area contributed by atoms with E-state index in [-0.39, 0.29) is 29.3 Å². The van der Waals surface area contributed by atoms with Crippen LogP contribution in [-0.2, 0) is 20.5 Å². The minimum Gasteiger partial charge on any atom is -0.466 e. The molecule has 162 valence electrons. The van der Waals surface area contributed by atoms with Gasteiger partial charge < -0.3 is 10.1 Å². The number of thiophene rings is 1. The number of allylic oxidation sites excluding steroid dienone is 3. The van der Waals surface area contributed by atoms with Crippen LogP contribution in [0.5, 0.6) is 0 Å². The highest BCUT2D eigenvalue weighted by Crippen LogP contribution is 2.46. The van der Waals surface area contributed by atoms with Crippen LogP contribution in [-0.4, -0.2) is 18.9 Å². The molecule has 0 spiro atoms. The summed E-state index contributed by atoms with van der Waals surface area (Å²) in [7, 11) is 1.21. The molecule has 2 heterocycles. The zero-order valence-electron chi connectivity index (χ0n) is 16.9. The van der Waals surface area contributed by atoms with Gasteiger partial charge in [0.05, 0.1) is 18.2 Å². The zero-order chi connectivity index (χ0) is 22.3. The normalized spacial score (nSPS) is 21.6. The largest absolute Gasteiger partial charge is 0.466 e. The molecular formula is C23H20F3NO3S.